The number of rotatable bonds is 7. The molecule has 1 aliphatic rings. The van der Waals surface area contributed by atoms with Crippen LogP contribution in [-0.4, -0.2) is 36.5 Å². The fraction of sp³-hybridized carbons (Fsp3) is 0.652. The molecule has 0 aromatic heterocycles. The van der Waals surface area contributed by atoms with Crippen molar-refractivity contribution in [3.05, 3.63) is 29.8 Å². The van der Waals surface area contributed by atoms with Gasteiger partial charge in [-0.2, -0.15) is 0 Å². The van der Waals surface area contributed by atoms with Crippen molar-refractivity contribution in [2.45, 2.75) is 77.2 Å². The average molecular weight is 388 g/mol. The minimum atomic E-state index is -0.478. The Hall–Kier alpha value is -2.04. The van der Waals surface area contributed by atoms with E-state index in [-0.39, 0.29) is 11.4 Å². The van der Waals surface area contributed by atoms with Crippen molar-refractivity contribution < 1.29 is 9.53 Å². The summed E-state index contributed by atoms with van der Waals surface area (Å²) in [5, 5.41) is 0. The molecule has 1 atom stereocenters. The van der Waals surface area contributed by atoms with Crippen molar-refractivity contribution in [2.24, 2.45) is 16.6 Å². The van der Waals surface area contributed by atoms with Crippen LogP contribution >= 0.6 is 0 Å². The van der Waals surface area contributed by atoms with Gasteiger partial charge in [-0.1, -0.05) is 71.1 Å². The monoisotopic (exact) mass is 387 g/mol. The number of nitrogens with zero attached hydrogens (tertiary/aromatic N) is 2. The third kappa shape index (κ3) is 6.25. The molecule has 5 nitrogen and oxygen atoms in total. The number of benzene rings is 1. The molecule has 0 heterocycles. The Kier molecular flexibility index (Phi) is 7.50. The number of ether oxygens (including phenoxy) is 1. The van der Waals surface area contributed by atoms with E-state index in [1.165, 1.54) is 42.6 Å². The van der Waals surface area contributed by atoms with Crippen LogP contribution in [0.25, 0.3) is 0 Å². The maximum atomic E-state index is 11.1. The van der Waals surface area contributed by atoms with E-state index in [4.69, 9.17) is 15.5 Å². The summed E-state index contributed by atoms with van der Waals surface area (Å²) >= 11 is 0. The zero-order chi connectivity index (χ0) is 20.8. The molecule has 0 radical (unpaired) electrons. The normalized spacial score (nSPS) is 18.4. The highest BCUT2D eigenvalue weighted by Crippen LogP contribution is 2.35. The Balaban J connectivity index is 2.23. The zero-order valence-corrected chi connectivity index (χ0v) is 18.2. The van der Waals surface area contributed by atoms with Crippen molar-refractivity contribution in [3.8, 4) is 5.75 Å². The van der Waals surface area contributed by atoms with Crippen molar-refractivity contribution >= 4 is 12.4 Å². The number of aliphatic imine (C=N–C) groups is 1. The summed E-state index contributed by atoms with van der Waals surface area (Å²) in [5.41, 5.74) is 6.77. The molecule has 0 bridgehead atoms. The molecular formula is C23H37N3O2. The molecule has 1 aromatic carbocycles. The summed E-state index contributed by atoms with van der Waals surface area (Å²) < 4.78 is 6.32. The van der Waals surface area contributed by atoms with Crippen molar-refractivity contribution in [2.75, 3.05) is 13.7 Å². The van der Waals surface area contributed by atoms with Gasteiger partial charge in [-0.3, -0.25) is 9.69 Å². The third-order valence-electron chi connectivity index (χ3n) is 5.59. The summed E-state index contributed by atoms with van der Waals surface area (Å²) in [6.45, 7) is 9.08. The average Bonchev–Trinajstić information content (AvgIpc) is 2.66. The molecule has 2 N–H and O–H groups in total. The van der Waals surface area contributed by atoms with E-state index in [2.05, 4.69) is 33.8 Å². The fourth-order valence-corrected chi connectivity index (χ4v) is 4.00. The van der Waals surface area contributed by atoms with Gasteiger partial charge in [0.1, 0.15) is 12.4 Å². The van der Waals surface area contributed by atoms with Gasteiger partial charge in [0.05, 0.1) is 5.54 Å². The van der Waals surface area contributed by atoms with Gasteiger partial charge in [0.25, 0.3) is 0 Å². The van der Waals surface area contributed by atoms with Crippen LogP contribution in [-0.2, 0) is 10.2 Å². The van der Waals surface area contributed by atoms with Gasteiger partial charge in [0, 0.05) is 7.05 Å². The standard InChI is InChI=1S/C23H37N3O2/c1-22(2,3)19-13-9-10-14-20(19)28-16-23(4,25-21(24)26(5)17-27)15-18-11-7-6-8-12-18/h9-10,13-14,17-18H,6-8,11-12,15-16H2,1-5H3,(H2,24,25). The minimum Gasteiger partial charge on any atom is -0.491 e. The van der Waals surface area contributed by atoms with E-state index in [0.717, 1.165) is 12.2 Å². The smallest absolute Gasteiger partial charge is 0.216 e. The topological polar surface area (TPSA) is 67.9 Å². The number of carbonyl (C=O) groups is 1. The van der Waals surface area contributed by atoms with Crippen molar-refractivity contribution in [3.63, 3.8) is 0 Å². The largest absolute Gasteiger partial charge is 0.491 e. The number of guanidine groups is 1. The lowest BCUT2D eigenvalue weighted by Gasteiger charge is -2.33. The Morgan fingerprint density at radius 3 is 2.46 bits per heavy atom. The van der Waals surface area contributed by atoms with Crippen LogP contribution in [0.2, 0.25) is 0 Å². The van der Waals surface area contributed by atoms with Gasteiger partial charge in [-0.05, 0) is 36.3 Å². The molecule has 1 unspecified atom stereocenters. The first-order valence-electron chi connectivity index (χ1n) is 10.4. The zero-order valence-electron chi connectivity index (χ0n) is 18.2. The molecule has 1 aliphatic carbocycles. The molecule has 0 spiro atoms. The molecular weight excluding hydrogens is 350 g/mol. The molecule has 1 fully saturated rings. The molecule has 2 rings (SSSR count). The molecule has 1 amide bonds. The minimum absolute atomic E-state index is 0.00358. The van der Waals surface area contributed by atoms with Gasteiger partial charge in [-0.25, -0.2) is 4.99 Å². The van der Waals surface area contributed by atoms with Gasteiger partial charge in [0.2, 0.25) is 6.41 Å². The molecule has 1 aromatic rings. The fourth-order valence-electron chi connectivity index (χ4n) is 4.00. The van der Waals surface area contributed by atoms with Gasteiger partial charge in [-0.15, -0.1) is 0 Å². The predicted octanol–water partition coefficient (Wildman–Crippen LogP) is 4.49. The molecule has 0 saturated heterocycles. The second kappa shape index (κ2) is 9.44. The van der Waals surface area contributed by atoms with Crippen molar-refractivity contribution in [1.82, 2.24) is 4.90 Å². The first-order chi connectivity index (χ1) is 13.1. The van der Waals surface area contributed by atoms with Crippen LogP contribution in [0.3, 0.4) is 0 Å². The summed E-state index contributed by atoms with van der Waals surface area (Å²) in [6.07, 6.45) is 7.94. The molecule has 156 valence electrons. The van der Waals surface area contributed by atoms with Gasteiger partial charge >= 0.3 is 0 Å². The maximum Gasteiger partial charge on any atom is 0.216 e. The molecule has 28 heavy (non-hydrogen) atoms. The Bertz CT molecular complexity index is 675. The van der Waals surface area contributed by atoms with Crippen molar-refractivity contribution in [1.29, 1.82) is 0 Å². The SMILES string of the molecule is CN(C=O)C(N)=NC(C)(COc1ccccc1C(C)(C)C)CC1CCCCC1. The Morgan fingerprint density at radius 2 is 1.86 bits per heavy atom. The lowest BCUT2D eigenvalue weighted by molar-refractivity contribution is -0.114. The predicted molar refractivity (Wildman–Crippen MR) is 116 cm³/mol. The third-order valence-corrected chi connectivity index (χ3v) is 5.59. The quantitative estimate of drug-likeness (QED) is 0.426. The molecule has 0 aliphatic heterocycles. The number of para-hydroxylation sites is 1. The van der Waals surface area contributed by atoms with E-state index in [0.29, 0.717) is 18.9 Å². The van der Waals surface area contributed by atoms with E-state index in [9.17, 15) is 4.79 Å². The summed E-state index contributed by atoms with van der Waals surface area (Å²) in [5.74, 6) is 1.75. The lowest BCUT2D eigenvalue weighted by atomic mass is 9.80. The first-order valence-corrected chi connectivity index (χ1v) is 10.4. The summed E-state index contributed by atoms with van der Waals surface area (Å²) in [4.78, 5) is 17.2. The van der Waals surface area contributed by atoms with E-state index in [1.807, 2.05) is 18.2 Å². The number of carbonyl (C=O) groups excluding carboxylic acids is 1. The number of amides is 1. The second-order valence-corrected chi connectivity index (χ2v) is 9.43. The highest BCUT2D eigenvalue weighted by Gasteiger charge is 2.31. The number of nitrogens with two attached hydrogens (primary N) is 1. The lowest BCUT2D eigenvalue weighted by Crippen LogP contribution is -2.41. The molecule has 5 heteroatoms. The van der Waals surface area contributed by atoms with E-state index in [1.54, 1.807) is 7.05 Å². The summed E-state index contributed by atoms with van der Waals surface area (Å²) in [6, 6.07) is 8.18. The van der Waals surface area contributed by atoms with Gasteiger partial charge < -0.3 is 10.5 Å². The van der Waals surface area contributed by atoms with Crippen LogP contribution in [0.15, 0.2) is 29.3 Å². The van der Waals surface area contributed by atoms with Crippen LogP contribution in [0.5, 0.6) is 5.75 Å². The van der Waals surface area contributed by atoms with E-state index >= 15 is 0 Å². The Labute approximate surface area is 170 Å². The van der Waals surface area contributed by atoms with Crippen LogP contribution in [0.1, 0.15) is 71.8 Å². The number of hydrogen-bond donors (Lipinski definition) is 1. The van der Waals surface area contributed by atoms with Crippen LogP contribution < -0.4 is 10.5 Å². The van der Waals surface area contributed by atoms with Crippen LogP contribution in [0, 0.1) is 5.92 Å². The van der Waals surface area contributed by atoms with Gasteiger partial charge in [0.15, 0.2) is 5.96 Å². The summed E-state index contributed by atoms with van der Waals surface area (Å²) in [7, 11) is 1.63. The number of hydrogen-bond acceptors (Lipinski definition) is 3. The maximum absolute atomic E-state index is 11.1. The first kappa shape index (κ1) is 22.3. The highest BCUT2D eigenvalue weighted by atomic mass is 16.5. The molecule has 1 saturated carbocycles. The van der Waals surface area contributed by atoms with E-state index < -0.39 is 5.54 Å². The van der Waals surface area contributed by atoms with Crippen LogP contribution in [0.4, 0.5) is 0 Å². The second-order valence-electron chi connectivity index (χ2n) is 9.43. The Morgan fingerprint density at radius 1 is 1.21 bits per heavy atom. The highest BCUT2D eigenvalue weighted by molar-refractivity contribution is 5.87.